The van der Waals surface area contributed by atoms with Crippen molar-refractivity contribution in [3.8, 4) is 0 Å². The number of nitrogens with zero attached hydrogens (tertiary/aromatic N) is 2. The van der Waals surface area contributed by atoms with Crippen molar-refractivity contribution >= 4 is 29.3 Å². The number of nitrogen functional groups attached to an aromatic ring is 1. The molecule has 1 aromatic heterocycles. The van der Waals surface area contributed by atoms with Gasteiger partial charge in [-0.05, 0) is 18.9 Å². The van der Waals surface area contributed by atoms with Gasteiger partial charge in [0.15, 0.2) is 0 Å². The minimum absolute atomic E-state index is 0. The van der Waals surface area contributed by atoms with Crippen LogP contribution in [-0.2, 0) is 31.6 Å². The summed E-state index contributed by atoms with van der Waals surface area (Å²) in [5.41, 5.74) is 4.72. The summed E-state index contributed by atoms with van der Waals surface area (Å²) in [4.78, 5) is 50.6. The lowest BCUT2D eigenvalue weighted by atomic mass is 10.2. The highest BCUT2D eigenvalue weighted by molar-refractivity contribution is 7.66. The van der Waals surface area contributed by atoms with Crippen LogP contribution in [0.25, 0.3) is 0 Å². The summed E-state index contributed by atoms with van der Waals surface area (Å²) < 4.78 is 51.6. The minimum Gasteiger partial charge on any atom is -0.383 e. The van der Waals surface area contributed by atoms with Gasteiger partial charge in [0.2, 0.25) is 0 Å². The highest BCUT2D eigenvalue weighted by atomic mass is 31.3. The Labute approximate surface area is 169 Å². The van der Waals surface area contributed by atoms with Crippen molar-refractivity contribution in [2.24, 2.45) is 0 Å². The Balaban J connectivity index is 0. The quantitative estimate of drug-likeness (QED) is 0.222. The van der Waals surface area contributed by atoms with Crippen LogP contribution in [0.5, 0.6) is 0 Å². The summed E-state index contributed by atoms with van der Waals surface area (Å²) in [5.74, 6) is 0.0263. The van der Waals surface area contributed by atoms with Gasteiger partial charge in [-0.15, -0.1) is 0 Å². The molecule has 1 aliphatic heterocycles. The number of phosphoric acid groups is 3. The second-order valence-corrected chi connectivity index (χ2v) is 9.64. The third kappa shape index (κ3) is 9.82. The predicted molar refractivity (Wildman–Crippen MR) is 101 cm³/mol. The zero-order valence-electron chi connectivity index (χ0n) is 15.4. The monoisotopic (exact) mass is 502 g/mol. The molecular weight excluding hydrogens is 477 g/mol. The smallest absolute Gasteiger partial charge is 0.383 e. The maximum absolute atomic E-state index is 11.7. The second-order valence-electron chi connectivity index (χ2n) is 5.22. The van der Waals surface area contributed by atoms with Crippen LogP contribution in [-0.4, -0.2) is 41.8 Å². The van der Waals surface area contributed by atoms with Gasteiger partial charge in [-0.1, -0.05) is 0 Å². The van der Waals surface area contributed by atoms with E-state index in [1.807, 2.05) is 0 Å². The van der Waals surface area contributed by atoms with Crippen molar-refractivity contribution in [3.05, 3.63) is 22.7 Å². The number of anilines is 1. The van der Waals surface area contributed by atoms with E-state index >= 15 is 0 Å². The number of hydrogen-bond donors (Lipinski definition) is 8. The Kier molecular flexibility index (Phi) is 12.0. The molecule has 18 nitrogen and oxygen atoms in total. The van der Waals surface area contributed by atoms with Gasteiger partial charge in [0.1, 0.15) is 12.0 Å². The zero-order valence-corrected chi connectivity index (χ0v) is 18.1. The maximum atomic E-state index is 11.7. The van der Waals surface area contributed by atoms with Gasteiger partial charge < -0.3 is 48.5 Å². The maximum Gasteiger partial charge on any atom is 0.490 e. The van der Waals surface area contributed by atoms with Crippen molar-refractivity contribution in [1.82, 2.24) is 28.0 Å². The van der Waals surface area contributed by atoms with Crippen molar-refractivity contribution in [2.45, 2.75) is 25.2 Å². The predicted octanol–water partition coefficient (Wildman–Crippen LogP) is 0.332. The summed E-state index contributed by atoms with van der Waals surface area (Å²) in [5, 5.41) is 0. The van der Waals surface area contributed by atoms with Crippen molar-refractivity contribution in [2.75, 3.05) is 12.3 Å². The molecule has 0 saturated carbocycles. The molecule has 1 aliphatic rings. The second kappa shape index (κ2) is 11.5. The van der Waals surface area contributed by atoms with E-state index in [2.05, 4.69) is 18.1 Å². The first-order chi connectivity index (χ1) is 12.3. The van der Waals surface area contributed by atoms with Crippen LogP contribution in [0.1, 0.15) is 19.1 Å². The lowest BCUT2D eigenvalue weighted by molar-refractivity contribution is -0.0242. The van der Waals surface area contributed by atoms with E-state index in [0.29, 0.717) is 6.42 Å². The molecule has 2 unspecified atom stereocenters. The number of hydrogen-bond acceptors (Lipinski definition) is 13. The van der Waals surface area contributed by atoms with E-state index in [1.165, 1.54) is 12.3 Å². The molecular formula is C9H25N6O12P3. The normalized spacial score (nSPS) is 22.5. The van der Waals surface area contributed by atoms with E-state index in [4.69, 9.17) is 25.2 Å². The van der Waals surface area contributed by atoms with Gasteiger partial charge in [0, 0.05) is 6.20 Å². The lowest BCUT2D eigenvalue weighted by Crippen LogP contribution is -2.27. The Morgan fingerprint density at radius 3 is 2.23 bits per heavy atom. The fourth-order valence-corrected chi connectivity index (χ4v) is 5.19. The van der Waals surface area contributed by atoms with Crippen LogP contribution >= 0.6 is 23.5 Å². The summed E-state index contributed by atoms with van der Waals surface area (Å²) in [6.07, 6.45) is 0.456. The number of aromatic nitrogens is 2. The highest BCUT2D eigenvalue weighted by Crippen LogP contribution is 2.66. The van der Waals surface area contributed by atoms with Gasteiger partial charge in [-0.25, -0.2) is 18.5 Å². The SMILES string of the molecule is N.N.N.Nc1ccn([C@@H]2CC[C@H](COP(=O)(O)OP(=O)(O)OP(=O)(O)O)O2)c(=O)n1. The fourth-order valence-electron chi connectivity index (χ4n) is 2.14. The molecule has 1 aromatic rings. The first-order valence-corrected chi connectivity index (χ1v) is 11.6. The molecule has 4 atom stereocenters. The van der Waals surface area contributed by atoms with Crippen LogP contribution in [0.15, 0.2) is 17.1 Å². The van der Waals surface area contributed by atoms with Crippen LogP contribution < -0.4 is 29.9 Å². The molecule has 0 aromatic carbocycles. The fraction of sp³-hybridized carbons (Fsp3) is 0.556. The van der Waals surface area contributed by atoms with Gasteiger partial charge in [-0.3, -0.25) is 9.09 Å². The van der Waals surface area contributed by atoms with Crippen LogP contribution in [0.3, 0.4) is 0 Å². The van der Waals surface area contributed by atoms with Crippen LogP contribution in [0.4, 0.5) is 5.82 Å². The largest absolute Gasteiger partial charge is 0.490 e. The van der Waals surface area contributed by atoms with Gasteiger partial charge >= 0.3 is 29.2 Å². The molecule has 2 heterocycles. The van der Waals surface area contributed by atoms with Crippen molar-refractivity contribution in [3.63, 3.8) is 0 Å². The molecule has 30 heavy (non-hydrogen) atoms. The summed E-state index contributed by atoms with van der Waals surface area (Å²) in [6.45, 7) is -0.586. The topological polar surface area (TPSA) is 335 Å². The molecule has 0 spiro atoms. The standard InChI is InChI=1S/C9H16N3O12P3.3H3N/c10-7-3-4-12(9(13)11-7)8-2-1-6(22-8)5-21-26(17,18)24-27(19,20)23-25(14,15)16;;;/h3-4,6,8H,1-2,5H2,(H,17,18)(H,19,20)(H2,10,11,13)(H2,14,15,16);3*1H3/t6-,8+;;;/m1.../s1. The molecule has 21 heteroatoms. The average molecular weight is 502 g/mol. The molecule has 0 amide bonds. The van der Waals surface area contributed by atoms with E-state index in [-0.39, 0.29) is 30.7 Å². The third-order valence-electron chi connectivity index (χ3n) is 3.09. The Bertz CT molecular complexity index is 890. The number of rotatable bonds is 8. The Morgan fingerprint density at radius 1 is 1.10 bits per heavy atom. The zero-order chi connectivity index (χ0) is 20.5. The van der Waals surface area contributed by atoms with Crippen molar-refractivity contribution in [1.29, 1.82) is 0 Å². The first-order valence-electron chi connectivity index (χ1n) is 7.05. The molecule has 0 bridgehead atoms. The number of ether oxygens (including phenoxy) is 1. The minimum atomic E-state index is -5.58. The van der Waals surface area contributed by atoms with Gasteiger partial charge in [0.25, 0.3) is 0 Å². The Hall–Kier alpha value is -1.07. The van der Waals surface area contributed by atoms with Crippen LogP contribution in [0, 0.1) is 0 Å². The molecule has 15 N–H and O–H groups in total. The third-order valence-corrected chi connectivity index (χ3v) is 6.89. The Morgan fingerprint density at radius 2 is 1.70 bits per heavy atom. The lowest BCUT2D eigenvalue weighted by Gasteiger charge is -2.18. The summed E-state index contributed by atoms with van der Waals surface area (Å²) in [6, 6.07) is 1.38. The van der Waals surface area contributed by atoms with Crippen LogP contribution in [0.2, 0.25) is 0 Å². The van der Waals surface area contributed by atoms with E-state index < -0.39 is 48.1 Å². The number of phosphoric ester groups is 1. The van der Waals surface area contributed by atoms with Crippen molar-refractivity contribution < 1.29 is 51.2 Å². The van der Waals surface area contributed by atoms with E-state index in [9.17, 15) is 23.4 Å². The highest BCUT2D eigenvalue weighted by Gasteiger charge is 2.41. The van der Waals surface area contributed by atoms with E-state index in [1.54, 1.807) is 0 Å². The molecule has 1 saturated heterocycles. The first kappa shape index (κ1) is 31.1. The molecule has 2 rings (SSSR count). The van der Waals surface area contributed by atoms with E-state index in [0.717, 1.165) is 4.57 Å². The number of nitrogens with two attached hydrogens (primary N) is 1. The summed E-state index contributed by atoms with van der Waals surface area (Å²) >= 11 is 0. The molecule has 178 valence electrons. The average Bonchev–Trinajstić information content (AvgIpc) is 2.90. The molecule has 1 fully saturated rings. The van der Waals surface area contributed by atoms with Gasteiger partial charge in [-0.2, -0.15) is 13.6 Å². The molecule has 0 aliphatic carbocycles. The van der Waals surface area contributed by atoms with Gasteiger partial charge in [0.05, 0.1) is 12.7 Å². The molecule has 0 radical (unpaired) electrons. The summed E-state index contributed by atoms with van der Waals surface area (Å²) in [7, 11) is -16.3.